The number of rotatable bonds is 6. The highest BCUT2D eigenvalue weighted by molar-refractivity contribution is 5.81. The van der Waals surface area contributed by atoms with Gasteiger partial charge < -0.3 is 9.64 Å². The maximum atomic E-state index is 11.1. The monoisotopic (exact) mass is 247 g/mol. The number of likely N-dealkylation sites (N-methyl/N-ethyl adjacent to an activating group) is 1. The molecule has 3 nitrogen and oxygen atoms in total. The van der Waals surface area contributed by atoms with E-state index in [0.29, 0.717) is 13.2 Å². The van der Waals surface area contributed by atoms with E-state index in [2.05, 4.69) is 36.1 Å². The average molecular weight is 247 g/mol. The molecule has 3 heteroatoms. The molecule has 1 aromatic carbocycles. The molecule has 0 heterocycles. The maximum Gasteiger partial charge on any atom is 0.330 e. The smallest absolute Gasteiger partial charge is 0.330 e. The van der Waals surface area contributed by atoms with Crippen LogP contribution in [0.5, 0.6) is 0 Å². The highest BCUT2D eigenvalue weighted by Gasteiger charge is 1.99. The normalized spacial score (nSPS) is 10.6. The SMILES string of the molecule is CCOC(=O)/C=C/CN(C)c1ccc(CC)cc1. The molecule has 0 aliphatic heterocycles. The Labute approximate surface area is 109 Å². The lowest BCUT2D eigenvalue weighted by Gasteiger charge is -2.17. The van der Waals surface area contributed by atoms with Crippen molar-refractivity contribution in [3.63, 3.8) is 0 Å². The van der Waals surface area contributed by atoms with Crippen molar-refractivity contribution < 1.29 is 9.53 Å². The lowest BCUT2D eigenvalue weighted by atomic mass is 10.1. The van der Waals surface area contributed by atoms with Gasteiger partial charge in [0.1, 0.15) is 0 Å². The van der Waals surface area contributed by atoms with Gasteiger partial charge in [0.15, 0.2) is 0 Å². The summed E-state index contributed by atoms with van der Waals surface area (Å²) in [6.07, 6.45) is 4.33. The molecule has 1 aromatic rings. The molecule has 0 fully saturated rings. The van der Waals surface area contributed by atoms with Gasteiger partial charge in [-0.3, -0.25) is 0 Å². The molecule has 0 aromatic heterocycles. The van der Waals surface area contributed by atoms with Gasteiger partial charge >= 0.3 is 5.97 Å². The summed E-state index contributed by atoms with van der Waals surface area (Å²) in [6, 6.07) is 8.44. The fraction of sp³-hybridized carbons (Fsp3) is 0.400. The van der Waals surface area contributed by atoms with Gasteiger partial charge in [0.05, 0.1) is 6.61 Å². The molecule has 0 saturated carbocycles. The van der Waals surface area contributed by atoms with E-state index >= 15 is 0 Å². The fourth-order valence-corrected chi connectivity index (χ4v) is 1.59. The van der Waals surface area contributed by atoms with Crippen LogP contribution in [-0.2, 0) is 16.0 Å². The van der Waals surface area contributed by atoms with Crippen LogP contribution in [0.4, 0.5) is 5.69 Å². The number of nitrogens with zero attached hydrogens (tertiary/aromatic N) is 1. The Kier molecular flexibility index (Phi) is 5.98. The van der Waals surface area contributed by atoms with Crippen molar-refractivity contribution in [2.24, 2.45) is 0 Å². The van der Waals surface area contributed by atoms with E-state index in [9.17, 15) is 4.79 Å². The lowest BCUT2D eigenvalue weighted by molar-refractivity contribution is -0.137. The molecule has 0 amide bonds. The third-order valence-corrected chi connectivity index (χ3v) is 2.71. The first-order valence-corrected chi connectivity index (χ1v) is 6.30. The first-order chi connectivity index (χ1) is 8.67. The minimum absolute atomic E-state index is 0.285. The van der Waals surface area contributed by atoms with Gasteiger partial charge in [-0.05, 0) is 31.0 Å². The van der Waals surface area contributed by atoms with E-state index in [-0.39, 0.29) is 5.97 Å². The molecular weight excluding hydrogens is 226 g/mol. The Hall–Kier alpha value is -1.77. The van der Waals surface area contributed by atoms with Crippen LogP contribution in [-0.4, -0.2) is 26.2 Å². The number of carbonyl (C=O) groups excluding carboxylic acids is 1. The number of anilines is 1. The number of hydrogen-bond donors (Lipinski definition) is 0. The van der Waals surface area contributed by atoms with Crippen LogP contribution >= 0.6 is 0 Å². The highest BCUT2D eigenvalue weighted by Crippen LogP contribution is 2.13. The van der Waals surface area contributed by atoms with E-state index in [0.717, 1.165) is 12.1 Å². The third-order valence-electron chi connectivity index (χ3n) is 2.71. The van der Waals surface area contributed by atoms with Gasteiger partial charge in [-0.25, -0.2) is 4.79 Å². The first kappa shape index (κ1) is 14.3. The number of benzene rings is 1. The molecule has 0 aliphatic carbocycles. The second-order valence-electron chi connectivity index (χ2n) is 4.05. The topological polar surface area (TPSA) is 29.5 Å². The van der Waals surface area contributed by atoms with Crippen molar-refractivity contribution in [2.45, 2.75) is 20.3 Å². The van der Waals surface area contributed by atoms with Crippen molar-refractivity contribution in [1.29, 1.82) is 0 Å². The zero-order valence-corrected chi connectivity index (χ0v) is 11.3. The van der Waals surface area contributed by atoms with Gasteiger partial charge in [0.2, 0.25) is 0 Å². The number of ether oxygens (including phenoxy) is 1. The van der Waals surface area contributed by atoms with Gasteiger partial charge in [-0.2, -0.15) is 0 Å². The summed E-state index contributed by atoms with van der Waals surface area (Å²) >= 11 is 0. The van der Waals surface area contributed by atoms with Crippen LogP contribution in [0.15, 0.2) is 36.4 Å². The molecule has 0 unspecified atom stereocenters. The Morgan fingerprint density at radius 3 is 2.50 bits per heavy atom. The van der Waals surface area contributed by atoms with Crippen LogP contribution in [0.1, 0.15) is 19.4 Å². The van der Waals surface area contributed by atoms with Crippen LogP contribution < -0.4 is 4.90 Å². The maximum absolute atomic E-state index is 11.1. The van der Waals surface area contributed by atoms with Crippen molar-refractivity contribution in [2.75, 3.05) is 25.1 Å². The Morgan fingerprint density at radius 2 is 1.94 bits per heavy atom. The molecule has 0 aliphatic rings. The van der Waals surface area contributed by atoms with E-state index in [1.807, 2.05) is 13.1 Å². The molecule has 0 saturated heterocycles. The molecule has 0 radical (unpaired) electrons. The number of hydrogen-bond acceptors (Lipinski definition) is 3. The average Bonchev–Trinajstić information content (AvgIpc) is 2.39. The quantitative estimate of drug-likeness (QED) is 0.572. The first-order valence-electron chi connectivity index (χ1n) is 6.30. The number of esters is 1. The van der Waals surface area contributed by atoms with Crippen molar-refractivity contribution in [1.82, 2.24) is 0 Å². The largest absolute Gasteiger partial charge is 0.463 e. The van der Waals surface area contributed by atoms with E-state index in [1.54, 1.807) is 6.92 Å². The summed E-state index contributed by atoms with van der Waals surface area (Å²) in [5, 5.41) is 0. The Morgan fingerprint density at radius 1 is 1.28 bits per heavy atom. The summed E-state index contributed by atoms with van der Waals surface area (Å²) in [5.41, 5.74) is 2.47. The lowest BCUT2D eigenvalue weighted by Crippen LogP contribution is -2.17. The highest BCUT2D eigenvalue weighted by atomic mass is 16.5. The fourth-order valence-electron chi connectivity index (χ4n) is 1.59. The molecular formula is C15H21NO2. The molecule has 18 heavy (non-hydrogen) atoms. The zero-order chi connectivity index (χ0) is 13.4. The van der Waals surface area contributed by atoms with Crippen LogP contribution in [0, 0.1) is 0 Å². The van der Waals surface area contributed by atoms with Gasteiger partial charge in [-0.1, -0.05) is 25.1 Å². The minimum atomic E-state index is -0.285. The summed E-state index contributed by atoms with van der Waals surface area (Å²) in [7, 11) is 2.00. The van der Waals surface area contributed by atoms with Crippen molar-refractivity contribution >= 4 is 11.7 Å². The summed E-state index contributed by atoms with van der Waals surface area (Å²) < 4.78 is 4.82. The molecule has 98 valence electrons. The third kappa shape index (κ3) is 4.62. The molecule has 0 spiro atoms. The van der Waals surface area contributed by atoms with Gasteiger partial charge in [0, 0.05) is 25.4 Å². The Bertz CT molecular complexity index is 395. The van der Waals surface area contributed by atoms with E-state index in [1.165, 1.54) is 11.6 Å². The molecule has 0 N–H and O–H groups in total. The standard InChI is InChI=1S/C15H21NO2/c1-4-13-8-10-14(11-9-13)16(3)12-6-7-15(17)18-5-2/h6-11H,4-5,12H2,1-3H3/b7-6+. The second kappa shape index (κ2) is 7.54. The van der Waals surface area contributed by atoms with Crippen molar-refractivity contribution in [3.05, 3.63) is 42.0 Å². The molecule has 1 rings (SSSR count). The van der Waals surface area contributed by atoms with Gasteiger partial charge in [-0.15, -0.1) is 0 Å². The number of aryl methyl sites for hydroxylation is 1. The predicted molar refractivity (Wildman–Crippen MR) is 74.9 cm³/mol. The summed E-state index contributed by atoms with van der Waals surface area (Å²) in [6.45, 7) is 5.04. The molecule has 0 atom stereocenters. The predicted octanol–water partition coefficient (Wildman–Crippen LogP) is 2.80. The second-order valence-corrected chi connectivity index (χ2v) is 4.05. The minimum Gasteiger partial charge on any atom is -0.463 e. The van der Waals surface area contributed by atoms with Gasteiger partial charge in [0.25, 0.3) is 0 Å². The zero-order valence-electron chi connectivity index (χ0n) is 11.3. The van der Waals surface area contributed by atoms with E-state index in [4.69, 9.17) is 4.74 Å². The summed E-state index contributed by atoms with van der Waals surface area (Å²) in [4.78, 5) is 13.2. The Balaban J connectivity index is 2.49. The number of carbonyl (C=O) groups is 1. The molecule has 0 bridgehead atoms. The van der Waals surface area contributed by atoms with Crippen LogP contribution in [0.3, 0.4) is 0 Å². The van der Waals surface area contributed by atoms with Crippen LogP contribution in [0.25, 0.3) is 0 Å². The van der Waals surface area contributed by atoms with E-state index < -0.39 is 0 Å². The van der Waals surface area contributed by atoms with Crippen molar-refractivity contribution in [3.8, 4) is 0 Å². The van der Waals surface area contributed by atoms with Crippen LogP contribution in [0.2, 0.25) is 0 Å². The summed E-state index contributed by atoms with van der Waals surface area (Å²) in [5.74, 6) is -0.285.